The number of tetrazole rings is 1. The summed E-state index contributed by atoms with van der Waals surface area (Å²) in [5, 5.41) is 15.0. The lowest BCUT2D eigenvalue weighted by molar-refractivity contribution is 0.272. The molecule has 2 aromatic carbocycles. The van der Waals surface area contributed by atoms with Gasteiger partial charge in [-0.3, -0.25) is 0 Å². The Hall–Kier alpha value is -4.73. The van der Waals surface area contributed by atoms with Crippen molar-refractivity contribution in [3.63, 3.8) is 0 Å². The van der Waals surface area contributed by atoms with Crippen molar-refractivity contribution in [3.05, 3.63) is 84.6 Å². The molecule has 5 rings (SSSR count). The first-order valence-electron chi connectivity index (χ1n) is 10.5. The van der Waals surface area contributed by atoms with Crippen LogP contribution in [0.2, 0.25) is 0 Å². The molecule has 10 heteroatoms. The summed E-state index contributed by atoms with van der Waals surface area (Å²) in [5.41, 5.74) is 4.01. The van der Waals surface area contributed by atoms with E-state index < -0.39 is 0 Å². The van der Waals surface area contributed by atoms with Crippen LogP contribution in [0.15, 0.2) is 73.3 Å². The van der Waals surface area contributed by atoms with Gasteiger partial charge in [0.25, 0.3) is 5.95 Å². The van der Waals surface area contributed by atoms with Gasteiger partial charge in [0.15, 0.2) is 0 Å². The zero-order valence-corrected chi connectivity index (χ0v) is 18.7. The number of para-hydroxylation sites is 2. The third kappa shape index (κ3) is 4.16. The summed E-state index contributed by atoms with van der Waals surface area (Å²) in [6.07, 6.45) is 0. The van der Waals surface area contributed by atoms with Crippen LogP contribution in [-0.4, -0.2) is 41.9 Å². The quantitative estimate of drug-likeness (QED) is 0.379. The van der Waals surface area contributed by atoms with E-state index in [-0.39, 0.29) is 6.61 Å². The molecule has 0 radical (unpaired) electrons. The summed E-state index contributed by atoms with van der Waals surface area (Å²) in [6.45, 7) is 4.32. The number of fused-ring (bicyclic) bond motifs is 1. The van der Waals surface area contributed by atoms with Crippen LogP contribution in [0.3, 0.4) is 0 Å². The lowest BCUT2D eigenvalue weighted by atomic mass is 10.1. The van der Waals surface area contributed by atoms with E-state index in [0.717, 1.165) is 33.7 Å². The maximum Gasteiger partial charge on any atom is 0.305 e. The first-order chi connectivity index (χ1) is 16.6. The molecule has 0 fully saturated rings. The van der Waals surface area contributed by atoms with Crippen LogP contribution in [0.1, 0.15) is 11.3 Å². The number of methoxy groups -OCH3 is 1. The molecule has 0 bridgehead atoms. The third-order valence-electron chi connectivity index (χ3n) is 5.20. The highest BCUT2D eigenvalue weighted by molar-refractivity contribution is 5.78. The number of pyridine rings is 1. The highest BCUT2D eigenvalue weighted by Crippen LogP contribution is 2.25. The normalized spacial score (nSPS) is 10.9. The van der Waals surface area contributed by atoms with E-state index in [1.54, 1.807) is 23.4 Å². The highest BCUT2D eigenvalue weighted by Gasteiger charge is 2.18. The Morgan fingerprint density at radius 1 is 1.00 bits per heavy atom. The van der Waals surface area contributed by atoms with Crippen molar-refractivity contribution >= 4 is 22.5 Å². The van der Waals surface area contributed by atoms with Gasteiger partial charge < -0.3 is 14.8 Å². The van der Waals surface area contributed by atoms with Crippen LogP contribution in [0, 0.1) is 0 Å². The van der Waals surface area contributed by atoms with Crippen LogP contribution in [0.25, 0.3) is 22.7 Å². The van der Waals surface area contributed by atoms with Crippen LogP contribution in [0.5, 0.6) is 11.8 Å². The Balaban J connectivity index is 1.35. The molecule has 0 aliphatic heterocycles. The molecule has 0 aliphatic carbocycles. The highest BCUT2D eigenvalue weighted by atomic mass is 16.5. The maximum atomic E-state index is 6.07. The van der Waals surface area contributed by atoms with Gasteiger partial charge in [0.1, 0.15) is 18.2 Å². The minimum absolute atomic E-state index is 0.207. The van der Waals surface area contributed by atoms with E-state index in [0.29, 0.717) is 17.8 Å². The zero-order valence-electron chi connectivity index (χ0n) is 18.7. The predicted octanol–water partition coefficient (Wildman–Crippen LogP) is 3.61. The van der Waals surface area contributed by atoms with E-state index in [2.05, 4.69) is 37.4 Å². The van der Waals surface area contributed by atoms with Gasteiger partial charge >= 0.3 is 6.01 Å². The van der Waals surface area contributed by atoms with E-state index in [1.165, 1.54) is 0 Å². The largest absolute Gasteiger partial charge is 0.497 e. The summed E-state index contributed by atoms with van der Waals surface area (Å²) in [6, 6.07) is 21.4. The summed E-state index contributed by atoms with van der Waals surface area (Å²) in [4.78, 5) is 9.26. The van der Waals surface area contributed by atoms with E-state index in [1.807, 2.05) is 66.7 Å². The van der Waals surface area contributed by atoms with Crippen molar-refractivity contribution in [2.75, 3.05) is 12.4 Å². The lowest BCUT2D eigenvalue weighted by Crippen LogP contribution is -2.09. The fraction of sp³-hybridized carbons (Fsp3) is 0.125. The van der Waals surface area contributed by atoms with Gasteiger partial charge in [0, 0.05) is 12.7 Å². The van der Waals surface area contributed by atoms with Crippen molar-refractivity contribution in [1.29, 1.82) is 0 Å². The average molecular weight is 454 g/mol. The fourth-order valence-electron chi connectivity index (χ4n) is 3.50. The fourth-order valence-corrected chi connectivity index (χ4v) is 3.50. The number of imidazole rings is 1. The summed E-state index contributed by atoms with van der Waals surface area (Å²) in [5.74, 6) is 1.95. The molecule has 34 heavy (non-hydrogen) atoms. The molecule has 0 unspecified atom stereocenters. The first kappa shape index (κ1) is 21.1. The molecule has 3 aromatic heterocycles. The predicted molar refractivity (Wildman–Crippen MR) is 128 cm³/mol. The zero-order chi connectivity index (χ0) is 23.5. The molecule has 0 spiro atoms. The third-order valence-corrected chi connectivity index (χ3v) is 5.20. The van der Waals surface area contributed by atoms with E-state index in [4.69, 9.17) is 9.47 Å². The molecule has 0 saturated heterocycles. The monoisotopic (exact) mass is 454 g/mol. The molecule has 0 amide bonds. The molecule has 170 valence electrons. The van der Waals surface area contributed by atoms with E-state index >= 15 is 0 Å². The van der Waals surface area contributed by atoms with Crippen molar-refractivity contribution in [3.8, 4) is 17.7 Å². The van der Waals surface area contributed by atoms with Crippen molar-refractivity contribution < 1.29 is 9.47 Å². The van der Waals surface area contributed by atoms with Crippen molar-refractivity contribution in [2.24, 2.45) is 7.05 Å². The number of hydrogen-bond donors (Lipinski definition) is 1. The van der Waals surface area contributed by atoms with Crippen LogP contribution >= 0.6 is 0 Å². The number of aryl methyl sites for hydroxylation is 1. The number of aromatic nitrogens is 7. The Labute approximate surface area is 195 Å². The van der Waals surface area contributed by atoms with Crippen molar-refractivity contribution in [1.82, 2.24) is 34.7 Å². The molecule has 0 saturated carbocycles. The number of benzene rings is 2. The van der Waals surface area contributed by atoms with Gasteiger partial charge in [-0.05, 0) is 64.5 Å². The Morgan fingerprint density at radius 2 is 1.82 bits per heavy atom. The molecule has 0 aliphatic rings. The Kier molecular flexibility index (Phi) is 5.61. The minimum atomic E-state index is 0.207. The van der Waals surface area contributed by atoms with Crippen LogP contribution < -0.4 is 14.8 Å². The van der Waals surface area contributed by atoms with Crippen molar-refractivity contribution in [2.45, 2.75) is 6.61 Å². The smallest absolute Gasteiger partial charge is 0.305 e. The maximum absolute atomic E-state index is 6.07. The standard InChI is InChI=1S/C24H22N8O2/c1-16(17-11-13-19(33-3)14-12-17)25-22-10-6-7-18(26-22)15-34-24-27-20-8-4-5-9-21(20)32(24)23-28-29-30-31(23)2/h4-14H,1,15H2,2-3H3,(H,25,26). The molecule has 5 aromatic rings. The second-order valence-corrected chi connectivity index (χ2v) is 7.46. The molecule has 1 N–H and O–H groups in total. The second kappa shape index (κ2) is 9.02. The topological polar surface area (TPSA) is 105 Å². The number of hydrogen-bond acceptors (Lipinski definition) is 8. The first-order valence-corrected chi connectivity index (χ1v) is 10.5. The molecule has 10 nitrogen and oxygen atoms in total. The molecular formula is C24H22N8O2. The van der Waals surface area contributed by atoms with Gasteiger partial charge in [0.05, 0.1) is 23.8 Å². The van der Waals surface area contributed by atoms with Gasteiger partial charge in [-0.1, -0.05) is 29.9 Å². The number of ether oxygens (including phenoxy) is 2. The van der Waals surface area contributed by atoms with Gasteiger partial charge in [-0.2, -0.15) is 4.98 Å². The summed E-state index contributed by atoms with van der Waals surface area (Å²) >= 11 is 0. The lowest BCUT2D eigenvalue weighted by Gasteiger charge is -2.12. The molecule has 3 heterocycles. The van der Waals surface area contributed by atoms with E-state index in [9.17, 15) is 0 Å². The van der Waals surface area contributed by atoms with Gasteiger partial charge in [0.2, 0.25) is 0 Å². The van der Waals surface area contributed by atoms with Crippen LogP contribution in [-0.2, 0) is 13.7 Å². The SMILES string of the molecule is C=C(Nc1cccc(COc2nc3ccccc3n2-c2nnnn2C)n1)c1ccc(OC)cc1. The summed E-state index contributed by atoms with van der Waals surface area (Å²) < 4.78 is 14.6. The van der Waals surface area contributed by atoms with Gasteiger partial charge in [-0.25, -0.2) is 14.2 Å². The molecule has 0 atom stereocenters. The van der Waals surface area contributed by atoms with Crippen LogP contribution in [0.4, 0.5) is 5.82 Å². The summed E-state index contributed by atoms with van der Waals surface area (Å²) in [7, 11) is 3.40. The average Bonchev–Trinajstić information content (AvgIpc) is 3.45. The second-order valence-electron chi connectivity index (χ2n) is 7.46. The Bertz CT molecular complexity index is 1460. The number of rotatable bonds is 8. The molecular weight excluding hydrogens is 432 g/mol. The minimum Gasteiger partial charge on any atom is -0.497 e. The Morgan fingerprint density at radius 3 is 2.59 bits per heavy atom. The number of nitrogens with one attached hydrogen (secondary N) is 1. The number of nitrogens with zero attached hydrogens (tertiary/aromatic N) is 7. The number of anilines is 1. The van der Waals surface area contributed by atoms with Gasteiger partial charge in [-0.15, -0.1) is 0 Å².